The van der Waals surface area contributed by atoms with E-state index >= 15 is 0 Å². The minimum Gasteiger partial charge on any atom is -0.519 e. The van der Waals surface area contributed by atoms with Gasteiger partial charge in [-0.2, -0.15) is 0 Å². The van der Waals surface area contributed by atoms with Crippen molar-refractivity contribution in [1.82, 2.24) is 4.98 Å². The monoisotopic (exact) mass is 309 g/mol. The molecule has 0 saturated heterocycles. The number of carbonyl (C=O) groups excluding carboxylic acids is 1. The number of hydrogen-bond acceptors (Lipinski definition) is 3. The highest BCUT2D eigenvalue weighted by molar-refractivity contribution is 6.74. The first-order chi connectivity index (χ1) is 9.07. The molecule has 1 rings (SSSR count). The zero-order valence-electron chi connectivity index (χ0n) is 13.5. The van der Waals surface area contributed by atoms with Crippen molar-refractivity contribution in [2.75, 3.05) is 0 Å². The zero-order chi connectivity index (χ0) is 15.4. The number of rotatable bonds is 6. The van der Waals surface area contributed by atoms with Crippen LogP contribution in [0.3, 0.4) is 0 Å². The van der Waals surface area contributed by atoms with E-state index in [9.17, 15) is 4.79 Å². The number of hydrogen-bond donors (Lipinski definition) is 1. The summed E-state index contributed by atoms with van der Waals surface area (Å²) in [5, 5.41) is 0. The Hall–Kier alpha value is -0.916. The molecule has 0 aliphatic rings. The summed E-state index contributed by atoms with van der Waals surface area (Å²) < 4.78 is 5.68. The largest absolute Gasteiger partial charge is 0.519 e. The quantitative estimate of drug-likeness (QED) is 0.819. The van der Waals surface area contributed by atoms with Crippen molar-refractivity contribution in [2.45, 2.75) is 51.7 Å². The molecule has 0 spiro atoms. The van der Waals surface area contributed by atoms with Gasteiger partial charge in [0.1, 0.15) is 14.3 Å². The maximum absolute atomic E-state index is 12.4. The predicted octanol–water partition coefficient (Wildman–Crippen LogP) is 3.40. The molecule has 0 aliphatic heterocycles. The molecule has 1 atom stereocenters. The molecule has 0 heterocycles. The van der Waals surface area contributed by atoms with Gasteiger partial charge in [0.25, 0.3) is 0 Å². The number of nitrogens with one attached hydrogen (secondary N) is 1. The van der Waals surface area contributed by atoms with E-state index in [4.69, 9.17) is 4.43 Å². The molecular formula is C15H27NO2Si2. The fourth-order valence-electron chi connectivity index (χ4n) is 1.94. The molecule has 0 radical (unpaired) electrons. The highest BCUT2D eigenvalue weighted by Crippen LogP contribution is 2.11. The van der Waals surface area contributed by atoms with Crippen molar-refractivity contribution in [3.63, 3.8) is 0 Å². The van der Waals surface area contributed by atoms with Crippen molar-refractivity contribution >= 4 is 22.5 Å². The highest BCUT2D eigenvalue weighted by Gasteiger charge is 2.30. The minimum atomic E-state index is -1.85. The van der Waals surface area contributed by atoms with E-state index < -0.39 is 16.6 Å². The Morgan fingerprint density at radius 1 is 1.10 bits per heavy atom. The Kier molecular flexibility index (Phi) is 5.73. The molecule has 3 nitrogen and oxygen atoms in total. The average Bonchev–Trinajstić information content (AvgIpc) is 2.25. The molecule has 0 fully saturated rings. The van der Waals surface area contributed by atoms with E-state index in [1.165, 1.54) is 0 Å². The van der Waals surface area contributed by atoms with Gasteiger partial charge in [0.15, 0.2) is 0 Å². The van der Waals surface area contributed by atoms with Gasteiger partial charge in [0, 0.05) is 0 Å². The maximum Gasteiger partial charge on any atom is 0.309 e. The molecule has 0 saturated carbocycles. The van der Waals surface area contributed by atoms with Crippen LogP contribution < -0.4 is 4.98 Å². The summed E-state index contributed by atoms with van der Waals surface area (Å²) in [5.41, 5.74) is 1.16. The van der Waals surface area contributed by atoms with Gasteiger partial charge in [-0.25, -0.2) is 0 Å². The Morgan fingerprint density at radius 3 is 2.10 bits per heavy atom. The molecule has 20 heavy (non-hydrogen) atoms. The summed E-state index contributed by atoms with van der Waals surface area (Å²) in [4.78, 5) is 15.9. The molecular weight excluding hydrogens is 282 g/mol. The van der Waals surface area contributed by atoms with Crippen molar-refractivity contribution in [2.24, 2.45) is 0 Å². The summed E-state index contributed by atoms with van der Waals surface area (Å²) in [6.07, 6.45) is 0.689. The van der Waals surface area contributed by atoms with Gasteiger partial charge in [-0.15, -0.1) is 0 Å². The van der Waals surface area contributed by atoms with Crippen molar-refractivity contribution in [1.29, 1.82) is 0 Å². The topological polar surface area (TPSA) is 38.3 Å². The van der Waals surface area contributed by atoms with Crippen LogP contribution in [-0.4, -0.2) is 28.6 Å². The summed E-state index contributed by atoms with van der Waals surface area (Å²) in [6, 6.07) is 9.87. The summed E-state index contributed by atoms with van der Waals surface area (Å²) in [5.74, 6) is -0.101. The zero-order valence-corrected chi connectivity index (χ0v) is 15.5. The predicted molar refractivity (Wildman–Crippen MR) is 89.9 cm³/mol. The summed E-state index contributed by atoms with van der Waals surface area (Å²) in [6.45, 7) is 12.7. The van der Waals surface area contributed by atoms with E-state index in [0.717, 1.165) is 5.56 Å². The molecule has 1 unspecified atom stereocenters. The van der Waals surface area contributed by atoms with Crippen LogP contribution in [0.25, 0.3) is 0 Å². The van der Waals surface area contributed by atoms with E-state index in [2.05, 4.69) is 36.8 Å². The SMILES string of the molecule is C[Si](C)(C)NC(Cc1ccccc1)C(=O)O[Si](C)(C)C. The standard InChI is InChI=1S/C15H27NO2Si2/c1-19(2,3)16-14(15(17)18-20(4,5)6)12-13-10-8-7-9-11-13/h7-11,14,16H,12H2,1-6H3. The second-order valence-corrected chi connectivity index (χ2v) is 16.4. The molecule has 5 heteroatoms. The Balaban J connectivity index is 2.83. The van der Waals surface area contributed by atoms with Crippen LogP contribution in [0.4, 0.5) is 0 Å². The van der Waals surface area contributed by atoms with Crippen LogP contribution in [0.2, 0.25) is 39.3 Å². The van der Waals surface area contributed by atoms with Crippen molar-refractivity contribution in [3.05, 3.63) is 35.9 Å². The van der Waals surface area contributed by atoms with Gasteiger partial charge in [0.2, 0.25) is 8.32 Å². The van der Waals surface area contributed by atoms with Gasteiger partial charge >= 0.3 is 5.97 Å². The third kappa shape index (κ3) is 7.02. The number of carbonyl (C=O) groups is 1. The van der Waals surface area contributed by atoms with Crippen LogP contribution in [0.15, 0.2) is 30.3 Å². The second-order valence-electron chi connectivity index (χ2n) is 7.17. The van der Waals surface area contributed by atoms with Gasteiger partial charge in [0.05, 0.1) is 0 Å². The minimum absolute atomic E-state index is 0.101. The lowest BCUT2D eigenvalue weighted by Gasteiger charge is -2.28. The van der Waals surface area contributed by atoms with Gasteiger partial charge in [-0.1, -0.05) is 50.0 Å². The summed E-state index contributed by atoms with van der Waals surface area (Å²) in [7, 11) is -3.40. The van der Waals surface area contributed by atoms with Gasteiger partial charge in [-0.3, -0.25) is 4.79 Å². The van der Waals surface area contributed by atoms with Crippen molar-refractivity contribution in [3.8, 4) is 0 Å². The first kappa shape index (κ1) is 17.1. The third-order valence-corrected chi connectivity index (χ3v) is 4.61. The molecule has 0 bridgehead atoms. The van der Waals surface area contributed by atoms with Crippen LogP contribution in [0.1, 0.15) is 5.56 Å². The van der Waals surface area contributed by atoms with Gasteiger partial charge < -0.3 is 9.41 Å². The van der Waals surface area contributed by atoms with Gasteiger partial charge in [-0.05, 0) is 31.6 Å². The van der Waals surface area contributed by atoms with E-state index in [1.807, 2.05) is 37.8 Å². The molecule has 0 amide bonds. The Labute approximate surface area is 125 Å². The van der Waals surface area contributed by atoms with E-state index in [0.29, 0.717) is 6.42 Å². The lowest BCUT2D eigenvalue weighted by molar-refractivity contribution is -0.137. The van der Waals surface area contributed by atoms with Crippen LogP contribution in [0.5, 0.6) is 0 Å². The smallest absolute Gasteiger partial charge is 0.309 e. The van der Waals surface area contributed by atoms with Crippen LogP contribution >= 0.6 is 0 Å². The molecule has 1 aromatic carbocycles. The van der Waals surface area contributed by atoms with E-state index in [1.54, 1.807) is 0 Å². The fourth-order valence-corrected chi connectivity index (χ4v) is 3.95. The highest BCUT2D eigenvalue weighted by atomic mass is 28.4. The van der Waals surface area contributed by atoms with E-state index in [-0.39, 0.29) is 12.0 Å². The van der Waals surface area contributed by atoms with Crippen LogP contribution in [-0.2, 0) is 15.6 Å². The third-order valence-electron chi connectivity index (χ3n) is 2.58. The number of benzene rings is 1. The Bertz CT molecular complexity index is 435. The normalized spacial score (nSPS) is 13.9. The Morgan fingerprint density at radius 2 is 1.65 bits per heavy atom. The van der Waals surface area contributed by atoms with Crippen LogP contribution in [0, 0.1) is 0 Å². The molecule has 1 N–H and O–H groups in total. The molecule has 0 aliphatic carbocycles. The van der Waals surface area contributed by atoms with Crippen molar-refractivity contribution < 1.29 is 9.22 Å². The second kappa shape index (κ2) is 6.69. The maximum atomic E-state index is 12.4. The lowest BCUT2D eigenvalue weighted by Crippen LogP contribution is -2.54. The summed E-state index contributed by atoms with van der Waals surface area (Å²) >= 11 is 0. The molecule has 1 aromatic rings. The molecule has 0 aromatic heterocycles. The average molecular weight is 310 g/mol. The lowest BCUT2D eigenvalue weighted by atomic mass is 10.1. The first-order valence-electron chi connectivity index (χ1n) is 7.11. The fraction of sp³-hybridized carbons (Fsp3) is 0.533. The molecule has 112 valence electrons. The first-order valence-corrected chi connectivity index (χ1v) is 14.0.